The molecule has 5 aromatic rings. The van der Waals surface area contributed by atoms with Crippen molar-refractivity contribution >= 4 is 16.9 Å². The molecule has 216 valence electrons. The van der Waals surface area contributed by atoms with Crippen molar-refractivity contribution in [2.45, 2.75) is 58.4 Å². The van der Waals surface area contributed by atoms with Gasteiger partial charge < -0.3 is 14.6 Å². The molecule has 5 nitrogen and oxygen atoms in total. The first-order valence-electron chi connectivity index (χ1n) is 15.0. The van der Waals surface area contributed by atoms with E-state index in [4.69, 9.17) is 9.72 Å². The number of nitrogens with zero attached hydrogens (tertiary/aromatic N) is 2. The summed E-state index contributed by atoms with van der Waals surface area (Å²) >= 11 is 0. The summed E-state index contributed by atoms with van der Waals surface area (Å²) in [6, 6.07) is 35.2. The van der Waals surface area contributed by atoms with Crippen molar-refractivity contribution in [2.24, 2.45) is 0 Å². The number of benzene rings is 4. The van der Waals surface area contributed by atoms with Crippen LogP contribution in [-0.2, 0) is 29.6 Å². The van der Waals surface area contributed by atoms with E-state index in [0.717, 1.165) is 53.1 Å². The highest BCUT2D eigenvalue weighted by Gasteiger charge is 2.14. The molecule has 0 unspecified atom stereocenters. The van der Waals surface area contributed by atoms with Gasteiger partial charge in [-0.1, -0.05) is 99.6 Å². The molecule has 0 aliphatic carbocycles. The van der Waals surface area contributed by atoms with Gasteiger partial charge in [-0.2, -0.15) is 0 Å². The molecule has 5 heteroatoms. The van der Waals surface area contributed by atoms with E-state index in [1.807, 2.05) is 36.4 Å². The number of fused-ring (bicyclic) bond motifs is 1. The molecule has 4 aromatic carbocycles. The number of nitrogens with one attached hydrogen (secondary N) is 1. The Hall–Kier alpha value is -4.38. The Morgan fingerprint density at radius 1 is 0.810 bits per heavy atom. The summed E-state index contributed by atoms with van der Waals surface area (Å²) in [5.41, 5.74) is 6.91. The van der Waals surface area contributed by atoms with Gasteiger partial charge in [-0.3, -0.25) is 4.79 Å². The normalized spacial score (nSPS) is 11.5. The fraction of sp³-hybridized carbons (Fsp3) is 0.297. The van der Waals surface area contributed by atoms with Gasteiger partial charge in [0.1, 0.15) is 11.6 Å². The van der Waals surface area contributed by atoms with Crippen molar-refractivity contribution in [1.29, 1.82) is 0 Å². The summed E-state index contributed by atoms with van der Waals surface area (Å²) in [7, 11) is 0. The Kier molecular flexibility index (Phi) is 9.38. The summed E-state index contributed by atoms with van der Waals surface area (Å²) < 4.78 is 8.30. The predicted octanol–water partition coefficient (Wildman–Crippen LogP) is 7.76. The number of carbonyl (C=O) groups excluding carboxylic acids is 1. The molecule has 5 rings (SSSR count). The molecule has 0 radical (unpaired) electrons. The maximum absolute atomic E-state index is 12.7. The van der Waals surface area contributed by atoms with Gasteiger partial charge >= 0.3 is 0 Å². The van der Waals surface area contributed by atoms with Crippen LogP contribution < -0.4 is 10.1 Å². The Labute approximate surface area is 249 Å². The molecule has 1 aromatic heterocycles. The van der Waals surface area contributed by atoms with Gasteiger partial charge in [-0.05, 0) is 64.8 Å². The van der Waals surface area contributed by atoms with Crippen LogP contribution in [0.25, 0.3) is 22.2 Å². The number of aryl methyl sites for hydroxylation is 1. The molecule has 0 bridgehead atoms. The topological polar surface area (TPSA) is 56.1 Å². The second kappa shape index (κ2) is 13.5. The van der Waals surface area contributed by atoms with Gasteiger partial charge in [-0.15, -0.1) is 0 Å². The van der Waals surface area contributed by atoms with E-state index >= 15 is 0 Å². The number of carbonyl (C=O) groups is 1. The van der Waals surface area contributed by atoms with E-state index in [9.17, 15) is 4.79 Å². The van der Waals surface area contributed by atoms with Crippen LogP contribution in [0.1, 0.15) is 50.6 Å². The number of imidazole rings is 1. The highest BCUT2D eigenvalue weighted by atomic mass is 16.5. The number of hydrogen-bond acceptors (Lipinski definition) is 3. The monoisotopic (exact) mass is 559 g/mol. The Morgan fingerprint density at radius 3 is 2.24 bits per heavy atom. The fourth-order valence-electron chi connectivity index (χ4n) is 5.19. The van der Waals surface area contributed by atoms with Crippen LogP contribution in [0, 0.1) is 0 Å². The minimum Gasteiger partial charge on any atom is -0.494 e. The molecule has 0 saturated heterocycles. The van der Waals surface area contributed by atoms with E-state index in [1.165, 1.54) is 11.1 Å². The van der Waals surface area contributed by atoms with Crippen LogP contribution in [0.15, 0.2) is 103 Å². The van der Waals surface area contributed by atoms with Crippen LogP contribution in [-0.4, -0.2) is 28.6 Å². The van der Waals surface area contributed by atoms with Crippen LogP contribution in [0.4, 0.5) is 0 Å². The number of ether oxygens (including phenoxy) is 1. The molecule has 42 heavy (non-hydrogen) atoms. The maximum atomic E-state index is 12.7. The smallest absolute Gasteiger partial charge is 0.224 e. The average Bonchev–Trinajstić information content (AvgIpc) is 3.35. The molecular formula is C37H41N3O2. The molecule has 1 N–H and O–H groups in total. The largest absolute Gasteiger partial charge is 0.494 e. The average molecular weight is 560 g/mol. The van der Waals surface area contributed by atoms with Crippen molar-refractivity contribution in [3.05, 3.63) is 120 Å². The second-order valence-corrected chi connectivity index (χ2v) is 11.8. The van der Waals surface area contributed by atoms with E-state index in [2.05, 4.69) is 97.4 Å². The molecule has 0 fully saturated rings. The van der Waals surface area contributed by atoms with Crippen molar-refractivity contribution in [3.8, 4) is 16.9 Å². The lowest BCUT2D eigenvalue weighted by Crippen LogP contribution is -2.28. The highest BCUT2D eigenvalue weighted by molar-refractivity contribution is 5.79. The number of rotatable bonds is 12. The molecule has 0 aliphatic rings. The van der Waals surface area contributed by atoms with Crippen LogP contribution in [0.5, 0.6) is 5.75 Å². The first kappa shape index (κ1) is 29.1. The number of amides is 1. The first-order valence-corrected chi connectivity index (χ1v) is 15.0. The lowest BCUT2D eigenvalue weighted by Gasteiger charge is -2.19. The van der Waals surface area contributed by atoms with Crippen molar-refractivity contribution < 1.29 is 9.53 Å². The summed E-state index contributed by atoms with van der Waals surface area (Å²) in [5.74, 6) is 1.94. The van der Waals surface area contributed by atoms with Gasteiger partial charge in [-0.25, -0.2) is 4.98 Å². The molecule has 0 atom stereocenters. The van der Waals surface area contributed by atoms with Crippen molar-refractivity contribution in [3.63, 3.8) is 0 Å². The molecule has 0 saturated carbocycles. The van der Waals surface area contributed by atoms with Crippen molar-refractivity contribution in [1.82, 2.24) is 14.9 Å². The van der Waals surface area contributed by atoms with Gasteiger partial charge in [0.25, 0.3) is 0 Å². The third-order valence-corrected chi connectivity index (χ3v) is 7.60. The SMILES string of the molecule is CC(C)(C)c1ccc(OCCCCn2c(CCNC(=O)Cc3ccc(-c4ccccc4)cc3)nc3ccccc32)cc1. The molecule has 1 heterocycles. The van der Waals surface area contributed by atoms with Crippen LogP contribution in [0.3, 0.4) is 0 Å². The number of para-hydroxylation sites is 2. The zero-order valence-corrected chi connectivity index (χ0v) is 25.0. The standard InChI is InChI=1S/C37H41N3O2/c1-37(2,3)31-19-21-32(22-20-31)42-26-10-9-25-40-34-14-8-7-13-33(34)39-35(40)23-24-38-36(41)27-28-15-17-30(18-16-28)29-11-5-4-6-12-29/h4-8,11-22H,9-10,23-27H2,1-3H3,(H,38,41). The van der Waals surface area contributed by atoms with E-state index in [-0.39, 0.29) is 11.3 Å². The molecule has 0 aliphatic heterocycles. The third kappa shape index (κ3) is 7.67. The van der Waals surface area contributed by atoms with Crippen LogP contribution >= 0.6 is 0 Å². The lowest BCUT2D eigenvalue weighted by atomic mass is 9.87. The number of aromatic nitrogens is 2. The molecule has 0 spiro atoms. The second-order valence-electron chi connectivity index (χ2n) is 11.8. The summed E-state index contributed by atoms with van der Waals surface area (Å²) in [5, 5.41) is 3.09. The van der Waals surface area contributed by atoms with Gasteiger partial charge in [0.05, 0.1) is 24.1 Å². The Bertz CT molecular complexity index is 1580. The van der Waals surface area contributed by atoms with Gasteiger partial charge in [0, 0.05) is 19.5 Å². The third-order valence-electron chi connectivity index (χ3n) is 7.60. The zero-order chi connectivity index (χ0) is 29.4. The summed E-state index contributed by atoms with van der Waals surface area (Å²) in [4.78, 5) is 17.6. The lowest BCUT2D eigenvalue weighted by molar-refractivity contribution is -0.120. The van der Waals surface area contributed by atoms with E-state index in [1.54, 1.807) is 0 Å². The van der Waals surface area contributed by atoms with E-state index < -0.39 is 0 Å². The Morgan fingerprint density at radius 2 is 1.50 bits per heavy atom. The molecular weight excluding hydrogens is 518 g/mol. The molecule has 1 amide bonds. The van der Waals surface area contributed by atoms with Gasteiger partial charge in [0.2, 0.25) is 5.91 Å². The minimum atomic E-state index is 0.0257. The maximum Gasteiger partial charge on any atom is 0.224 e. The van der Waals surface area contributed by atoms with Gasteiger partial charge in [0.15, 0.2) is 0 Å². The summed E-state index contributed by atoms with van der Waals surface area (Å²) in [6.45, 7) is 8.76. The van der Waals surface area contributed by atoms with E-state index in [0.29, 0.717) is 26.0 Å². The number of unbranched alkanes of at least 4 members (excludes halogenated alkanes) is 1. The fourth-order valence-corrected chi connectivity index (χ4v) is 5.19. The number of hydrogen-bond donors (Lipinski definition) is 1. The summed E-state index contributed by atoms with van der Waals surface area (Å²) in [6.07, 6.45) is 2.99. The zero-order valence-electron chi connectivity index (χ0n) is 25.0. The van der Waals surface area contributed by atoms with Crippen molar-refractivity contribution in [2.75, 3.05) is 13.2 Å². The Balaban J connectivity index is 1.10. The predicted molar refractivity (Wildman–Crippen MR) is 172 cm³/mol. The highest BCUT2D eigenvalue weighted by Crippen LogP contribution is 2.24. The minimum absolute atomic E-state index is 0.0257. The first-order chi connectivity index (χ1) is 20.4. The van der Waals surface area contributed by atoms with Crippen LogP contribution in [0.2, 0.25) is 0 Å². The quantitative estimate of drug-likeness (QED) is 0.159.